The van der Waals surface area contributed by atoms with E-state index in [1.54, 1.807) is 23.1 Å². The van der Waals surface area contributed by atoms with Gasteiger partial charge in [-0.2, -0.15) is 0 Å². The molecule has 1 unspecified atom stereocenters. The molecule has 2 N–H and O–H groups in total. The van der Waals surface area contributed by atoms with Gasteiger partial charge in [0.25, 0.3) is 0 Å². The molecule has 0 fully saturated rings. The summed E-state index contributed by atoms with van der Waals surface area (Å²) in [7, 11) is 0. The first-order chi connectivity index (χ1) is 9.33. The van der Waals surface area contributed by atoms with Crippen LogP contribution in [-0.4, -0.2) is 10.7 Å². The van der Waals surface area contributed by atoms with Gasteiger partial charge in [-0.1, -0.05) is 54.2 Å². The van der Waals surface area contributed by atoms with Gasteiger partial charge in [0.1, 0.15) is 0 Å². The number of hydrogen-bond acceptors (Lipinski definition) is 4. The maximum Gasteiger partial charge on any atom is 0.151 e. The SMILES string of the molecule is NC(CSc1nc2ccccc2s1)c1ccccc1. The average molecular weight is 286 g/mol. The van der Waals surface area contributed by atoms with Crippen molar-refractivity contribution in [1.82, 2.24) is 4.98 Å². The van der Waals surface area contributed by atoms with Crippen LogP contribution in [-0.2, 0) is 0 Å². The van der Waals surface area contributed by atoms with Crippen LogP contribution >= 0.6 is 23.1 Å². The molecule has 2 nitrogen and oxygen atoms in total. The Labute approximate surface area is 120 Å². The highest BCUT2D eigenvalue weighted by atomic mass is 32.2. The first-order valence-electron chi connectivity index (χ1n) is 6.12. The molecule has 1 aromatic heterocycles. The standard InChI is InChI=1S/C15H14N2S2/c16-12(11-6-2-1-3-7-11)10-18-15-17-13-8-4-5-9-14(13)19-15/h1-9,12H,10,16H2. The van der Waals surface area contributed by atoms with Gasteiger partial charge in [-0.15, -0.1) is 11.3 Å². The van der Waals surface area contributed by atoms with Crippen molar-refractivity contribution in [3.8, 4) is 0 Å². The summed E-state index contributed by atoms with van der Waals surface area (Å²) in [5, 5.41) is 0. The lowest BCUT2D eigenvalue weighted by Crippen LogP contribution is -2.12. The Morgan fingerprint density at radius 1 is 1.05 bits per heavy atom. The van der Waals surface area contributed by atoms with Crippen molar-refractivity contribution in [2.45, 2.75) is 10.4 Å². The second-order valence-corrected chi connectivity index (χ2v) is 6.57. The lowest BCUT2D eigenvalue weighted by atomic mass is 10.1. The van der Waals surface area contributed by atoms with Gasteiger partial charge in [-0.05, 0) is 17.7 Å². The first-order valence-corrected chi connectivity index (χ1v) is 7.92. The Balaban J connectivity index is 1.69. The van der Waals surface area contributed by atoms with E-state index in [2.05, 4.69) is 23.2 Å². The minimum atomic E-state index is 0.0539. The third-order valence-corrected chi connectivity index (χ3v) is 5.19. The lowest BCUT2D eigenvalue weighted by molar-refractivity contribution is 0.831. The van der Waals surface area contributed by atoms with Crippen LogP contribution < -0.4 is 5.73 Å². The zero-order valence-electron chi connectivity index (χ0n) is 10.3. The van der Waals surface area contributed by atoms with Gasteiger partial charge in [0, 0.05) is 11.8 Å². The van der Waals surface area contributed by atoms with Crippen LogP contribution in [0.2, 0.25) is 0 Å². The van der Waals surface area contributed by atoms with Gasteiger partial charge in [0.05, 0.1) is 10.2 Å². The number of fused-ring (bicyclic) bond motifs is 1. The number of hydrogen-bond donors (Lipinski definition) is 1. The zero-order chi connectivity index (χ0) is 13.1. The van der Waals surface area contributed by atoms with E-state index < -0.39 is 0 Å². The van der Waals surface area contributed by atoms with Crippen LogP contribution in [0.5, 0.6) is 0 Å². The van der Waals surface area contributed by atoms with Crippen molar-refractivity contribution >= 4 is 33.3 Å². The number of nitrogens with zero attached hydrogens (tertiary/aromatic N) is 1. The van der Waals surface area contributed by atoms with Crippen molar-refractivity contribution in [3.63, 3.8) is 0 Å². The molecular formula is C15H14N2S2. The Morgan fingerprint density at radius 2 is 1.79 bits per heavy atom. The smallest absolute Gasteiger partial charge is 0.151 e. The van der Waals surface area contributed by atoms with E-state index in [9.17, 15) is 0 Å². The van der Waals surface area contributed by atoms with Gasteiger partial charge in [0.15, 0.2) is 4.34 Å². The van der Waals surface area contributed by atoms with Gasteiger partial charge >= 0.3 is 0 Å². The van der Waals surface area contributed by atoms with Crippen LogP contribution in [0.25, 0.3) is 10.2 Å². The molecule has 1 heterocycles. The van der Waals surface area contributed by atoms with Gasteiger partial charge in [-0.3, -0.25) is 0 Å². The molecule has 96 valence electrons. The Bertz CT molecular complexity index is 631. The third kappa shape index (κ3) is 2.97. The molecule has 19 heavy (non-hydrogen) atoms. The molecule has 0 spiro atoms. The Kier molecular flexibility index (Phi) is 3.82. The van der Waals surface area contributed by atoms with Crippen LogP contribution in [0.3, 0.4) is 0 Å². The zero-order valence-corrected chi connectivity index (χ0v) is 12.0. The fourth-order valence-corrected chi connectivity index (χ4v) is 3.95. The fraction of sp³-hybridized carbons (Fsp3) is 0.133. The molecule has 0 aliphatic heterocycles. The van der Waals surface area contributed by atoms with E-state index in [1.165, 1.54) is 10.3 Å². The largest absolute Gasteiger partial charge is 0.323 e. The third-order valence-electron chi connectivity index (χ3n) is 2.89. The maximum atomic E-state index is 6.19. The van der Waals surface area contributed by atoms with Crippen LogP contribution in [0, 0.1) is 0 Å². The number of benzene rings is 2. The summed E-state index contributed by atoms with van der Waals surface area (Å²) >= 11 is 3.46. The minimum Gasteiger partial charge on any atom is -0.323 e. The molecule has 0 radical (unpaired) electrons. The topological polar surface area (TPSA) is 38.9 Å². The molecule has 4 heteroatoms. The predicted molar refractivity (Wildman–Crippen MR) is 83.7 cm³/mol. The molecule has 0 bridgehead atoms. The highest BCUT2D eigenvalue weighted by Crippen LogP contribution is 2.31. The monoisotopic (exact) mass is 286 g/mol. The molecule has 2 aromatic carbocycles. The highest BCUT2D eigenvalue weighted by molar-refractivity contribution is 8.01. The number of para-hydroxylation sites is 1. The normalized spacial score (nSPS) is 12.7. The van der Waals surface area contributed by atoms with E-state index in [-0.39, 0.29) is 6.04 Å². The van der Waals surface area contributed by atoms with Crippen LogP contribution in [0.4, 0.5) is 0 Å². The van der Waals surface area contributed by atoms with Crippen molar-refractivity contribution in [2.24, 2.45) is 5.73 Å². The number of aromatic nitrogens is 1. The quantitative estimate of drug-likeness (QED) is 0.734. The average Bonchev–Trinajstić information content (AvgIpc) is 2.88. The van der Waals surface area contributed by atoms with Gasteiger partial charge < -0.3 is 5.73 Å². The number of thioether (sulfide) groups is 1. The lowest BCUT2D eigenvalue weighted by Gasteiger charge is -2.09. The summed E-state index contributed by atoms with van der Waals surface area (Å²) < 4.78 is 2.32. The first kappa shape index (κ1) is 12.7. The molecule has 1 atom stereocenters. The van der Waals surface area contributed by atoms with Crippen LogP contribution in [0.15, 0.2) is 58.9 Å². The molecule has 3 aromatic rings. The maximum absolute atomic E-state index is 6.19. The Hall–Kier alpha value is -1.36. The second kappa shape index (κ2) is 5.74. The Morgan fingerprint density at radius 3 is 2.58 bits per heavy atom. The summed E-state index contributed by atoms with van der Waals surface area (Å²) in [5.41, 5.74) is 8.44. The van der Waals surface area contributed by atoms with E-state index in [1.807, 2.05) is 36.4 Å². The van der Waals surface area contributed by atoms with Crippen molar-refractivity contribution in [3.05, 3.63) is 60.2 Å². The van der Waals surface area contributed by atoms with E-state index in [0.29, 0.717) is 0 Å². The summed E-state index contributed by atoms with van der Waals surface area (Å²) in [6.45, 7) is 0. The molecule has 3 rings (SSSR count). The predicted octanol–water partition coefficient (Wildman–Crippen LogP) is 4.09. The minimum absolute atomic E-state index is 0.0539. The molecule has 0 aliphatic carbocycles. The molecule has 0 saturated carbocycles. The number of rotatable bonds is 4. The van der Waals surface area contributed by atoms with Gasteiger partial charge in [0.2, 0.25) is 0 Å². The van der Waals surface area contributed by atoms with E-state index >= 15 is 0 Å². The molecular weight excluding hydrogens is 272 g/mol. The van der Waals surface area contributed by atoms with Crippen LogP contribution in [0.1, 0.15) is 11.6 Å². The summed E-state index contributed by atoms with van der Waals surface area (Å²) in [5.74, 6) is 0.851. The van der Waals surface area contributed by atoms with Crippen molar-refractivity contribution in [1.29, 1.82) is 0 Å². The van der Waals surface area contributed by atoms with E-state index in [0.717, 1.165) is 15.6 Å². The summed E-state index contributed by atoms with van der Waals surface area (Å²) in [4.78, 5) is 4.60. The van der Waals surface area contributed by atoms with E-state index in [4.69, 9.17) is 5.73 Å². The number of nitrogens with two attached hydrogens (primary N) is 1. The van der Waals surface area contributed by atoms with Gasteiger partial charge in [-0.25, -0.2) is 4.98 Å². The second-order valence-electron chi connectivity index (χ2n) is 4.28. The number of thiazole rings is 1. The molecule has 0 saturated heterocycles. The summed E-state index contributed by atoms with van der Waals surface area (Å²) in [6, 6.07) is 18.5. The molecule has 0 amide bonds. The fourth-order valence-electron chi connectivity index (χ4n) is 1.87. The van der Waals surface area contributed by atoms with Crippen molar-refractivity contribution in [2.75, 3.05) is 5.75 Å². The summed E-state index contributed by atoms with van der Waals surface area (Å²) in [6.07, 6.45) is 0. The highest BCUT2D eigenvalue weighted by Gasteiger charge is 2.09. The van der Waals surface area contributed by atoms with Crippen molar-refractivity contribution < 1.29 is 0 Å². The molecule has 0 aliphatic rings.